The van der Waals surface area contributed by atoms with E-state index in [0.29, 0.717) is 12.3 Å². The van der Waals surface area contributed by atoms with E-state index in [4.69, 9.17) is 0 Å². The molecule has 0 saturated heterocycles. The van der Waals surface area contributed by atoms with Gasteiger partial charge < -0.3 is 4.57 Å². The highest BCUT2D eigenvalue weighted by atomic mass is 32.1. The fraction of sp³-hybridized carbons (Fsp3) is 0.167. The standard InChI is InChI=1S/C18H17NOS/c20-18-11-10-15-8-4-5-9-17(15)19(18)12-16(13-21)14-6-2-1-3-7-14/h1-11,16,21H,12-13H2. The molecule has 0 N–H and O–H groups in total. The molecule has 0 bridgehead atoms. The number of pyridine rings is 1. The largest absolute Gasteiger partial charge is 0.308 e. The van der Waals surface area contributed by atoms with E-state index in [1.807, 2.05) is 53.1 Å². The Morgan fingerprint density at radius 3 is 2.38 bits per heavy atom. The van der Waals surface area contributed by atoms with Crippen molar-refractivity contribution in [2.45, 2.75) is 12.5 Å². The van der Waals surface area contributed by atoms with E-state index >= 15 is 0 Å². The van der Waals surface area contributed by atoms with Gasteiger partial charge in [-0.1, -0.05) is 48.5 Å². The van der Waals surface area contributed by atoms with Crippen molar-refractivity contribution in [3.8, 4) is 0 Å². The molecule has 1 heterocycles. The van der Waals surface area contributed by atoms with Crippen molar-refractivity contribution in [2.75, 3.05) is 5.75 Å². The molecule has 2 aromatic carbocycles. The number of thiol groups is 1. The van der Waals surface area contributed by atoms with Gasteiger partial charge in [0.25, 0.3) is 5.56 Å². The number of hydrogen-bond acceptors (Lipinski definition) is 2. The van der Waals surface area contributed by atoms with E-state index in [9.17, 15) is 4.79 Å². The summed E-state index contributed by atoms with van der Waals surface area (Å²) >= 11 is 4.47. The van der Waals surface area contributed by atoms with Gasteiger partial charge in [-0.2, -0.15) is 12.6 Å². The van der Waals surface area contributed by atoms with Gasteiger partial charge in [-0.15, -0.1) is 0 Å². The molecular formula is C18H17NOS. The molecule has 3 aromatic rings. The van der Waals surface area contributed by atoms with Gasteiger partial charge in [-0.25, -0.2) is 0 Å². The molecule has 0 fully saturated rings. The van der Waals surface area contributed by atoms with Gasteiger partial charge in [0.2, 0.25) is 0 Å². The molecule has 0 spiro atoms. The minimum atomic E-state index is 0.0383. The molecule has 21 heavy (non-hydrogen) atoms. The second-order valence-corrected chi connectivity index (χ2v) is 5.50. The maximum atomic E-state index is 12.3. The van der Waals surface area contributed by atoms with Gasteiger partial charge >= 0.3 is 0 Å². The van der Waals surface area contributed by atoms with E-state index in [0.717, 1.165) is 10.9 Å². The predicted molar refractivity (Wildman–Crippen MR) is 91.2 cm³/mol. The van der Waals surface area contributed by atoms with Crippen molar-refractivity contribution in [3.05, 3.63) is 82.6 Å². The summed E-state index contributed by atoms with van der Waals surface area (Å²) < 4.78 is 1.85. The Balaban J connectivity index is 2.04. The monoisotopic (exact) mass is 295 g/mol. The van der Waals surface area contributed by atoms with Crippen LogP contribution in [0.1, 0.15) is 11.5 Å². The number of aromatic nitrogens is 1. The number of para-hydroxylation sites is 1. The summed E-state index contributed by atoms with van der Waals surface area (Å²) in [5, 5.41) is 1.09. The molecule has 0 aliphatic heterocycles. The number of fused-ring (bicyclic) bond motifs is 1. The predicted octanol–water partition coefficient (Wildman–Crippen LogP) is 3.72. The van der Waals surface area contributed by atoms with Gasteiger partial charge in [0.15, 0.2) is 0 Å². The van der Waals surface area contributed by atoms with Gasteiger partial charge in [0.05, 0.1) is 5.52 Å². The molecule has 0 radical (unpaired) electrons. The summed E-state index contributed by atoms with van der Waals surface area (Å²) in [5.41, 5.74) is 2.23. The molecule has 0 aliphatic carbocycles. The molecule has 3 heteroatoms. The molecule has 106 valence electrons. The second-order valence-electron chi connectivity index (χ2n) is 5.13. The van der Waals surface area contributed by atoms with Crippen LogP contribution >= 0.6 is 12.6 Å². The lowest BCUT2D eigenvalue weighted by molar-refractivity contribution is 0.605. The van der Waals surface area contributed by atoms with Crippen LogP contribution in [0.3, 0.4) is 0 Å². The molecular weight excluding hydrogens is 278 g/mol. The van der Waals surface area contributed by atoms with E-state index in [1.54, 1.807) is 6.07 Å². The Kier molecular flexibility index (Phi) is 4.11. The first kappa shape index (κ1) is 14.0. The summed E-state index contributed by atoms with van der Waals surface area (Å²) in [6.07, 6.45) is 0. The minimum Gasteiger partial charge on any atom is -0.308 e. The summed E-state index contributed by atoms with van der Waals surface area (Å²) in [6, 6.07) is 21.8. The van der Waals surface area contributed by atoms with Crippen LogP contribution in [0.5, 0.6) is 0 Å². The number of hydrogen-bond donors (Lipinski definition) is 1. The average molecular weight is 295 g/mol. The first-order valence-electron chi connectivity index (χ1n) is 7.04. The highest BCUT2D eigenvalue weighted by molar-refractivity contribution is 7.80. The molecule has 3 rings (SSSR count). The van der Waals surface area contributed by atoms with E-state index in [1.165, 1.54) is 5.56 Å². The zero-order valence-electron chi connectivity index (χ0n) is 11.6. The molecule has 2 nitrogen and oxygen atoms in total. The smallest absolute Gasteiger partial charge is 0.251 e. The molecule has 1 unspecified atom stereocenters. The third-order valence-electron chi connectivity index (χ3n) is 3.79. The van der Waals surface area contributed by atoms with Gasteiger partial charge in [0, 0.05) is 18.5 Å². The van der Waals surface area contributed by atoms with Crippen molar-refractivity contribution < 1.29 is 0 Å². The van der Waals surface area contributed by atoms with Crippen LogP contribution in [0.15, 0.2) is 71.5 Å². The van der Waals surface area contributed by atoms with E-state index in [2.05, 4.69) is 24.8 Å². The normalized spacial score (nSPS) is 12.4. The van der Waals surface area contributed by atoms with Gasteiger partial charge in [-0.3, -0.25) is 4.79 Å². The van der Waals surface area contributed by atoms with Crippen LogP contribution in [0.25, 0.3) is 10.9 Å². The Morgan fingerprint density at radius 1 is 0.905 bits per heavy atom. The average Bonchev–Trinajstić information content (AvgIpc) is 2.55. The van der Waals surface area contributed by atoms with Crippen LogP contribution in [-0.4, -0.2) is 10.3 Å². The second kappa shape index (κ2) is 6.19. The molecule has 0 aliphatic rings. The maximum absolute atomic E-state index is 12.3. The van der Waals surface area contributed by atoms with Crippen LogP contribution in [0.4, 0.5) is 0 Å². The lowest BCUT2D eigenvalue weighted by atomic mass is 10.0. The van der Waals surface area contributed by atoms with E-state index in [-0.39, 0.29) is 11.5 Å². The van der Waals surface area contributed by atoms with Crippen LogP contribution in [-0.2, 0) is 6.54 Å². The zero-order valence-corrected chi connectivity index (χ0v) is 12.5. The minimum absolute atomic E-state index is 0.0383. The number of benzene rings is 2. The highest BCUT2D eigenvalue weighted by Crippen LogP contribution is 2.21. The van der Waals surface area contributed by atoms with Crippen molar-refractivity contribution >= 4 is 23.5 Å². The first-order valence-corrected chi connectivity index (χ1v) is 7.67. The molecule has 1 aromatic heterocycles. The molecule has 0 saturated carbocycles. The number of nitrogens with zero attached hydrogens (tertiary/aromatic N) is 1. The van der Waals surface area contributed by atoms with Crippen LogP contribution in [0.2, 0.25) is 0 Å². The zero-order chi connectivity index (χ0) is 14.7. The Labute approximate surface area is 129 Å². The molecule has 1 atom stereocenters. The van der Waals surface area contributed by atoms with E-state index < -0.39 is 0 Å². The van der Waals surface area contributed by atoms with Gasteiger partial charge in [0.1, 0.15) is 0 Å². The van der Waals surface area contributed by atoms with Gasteiger partial charge in [-0.05, 0) is 28.8 Å². The first-order chi connectivity index (χ1) is 10.3. The highest BCUT2D eigenvalue weighted by Gasteiger charge is 2.12. The number of rotatable bonds is 4. The Bertz CT molecular complexity index is 795. The van der Waals surface area contributed by atoms with Crippen molar-refractivity contribution in [3.63, 3.8) is 0 Å². The fourth-order valence-corrected chi connectivity index (χ4v) is 2.97. The SMILES string of the molecule is O=c1ccc2ccccc2n1CC(CS)c1ccccc1. The summed E-state index contributed by atoms with van der Waals surface area (Å²) in [5.74, 6) is 0.928. The lowest BCUT2D eigenvalue weighted by Crippen LogP contribution is -2.23. The third kappa shape index (κ3) is 2.88. The quantitative estimate of drug-likeness (QED) is 0.728. The Morgan fingerprint density at radius 2 is 1.62 bits per heavy atom. The summed E-state index contributed by atoms with van der Waals surface area (Å²) in [7, 11) is 0. The van der Waals surface area contributed by atoms with Crippen molar-refractivity contribution in [1.82, 2.24) is 4.57 Å². The molecule has 0 amide bonds. The van der Waals surface area contributed by atoms with Crippen molar-refractivity contribution in [2.24, 2.45) is 0 Å². The fourth-order valence-electron chi connectivity index (χ4n) is 2.65. The Hall–Kier alpha value is -2.00. The van der Waals surface area contributed by atoms with Crippen molar-refractivity contribution in [1.29, 1.82) is 0 Å². The summed E-state index contributed by atoms with van der Waals surface area (Å²) in [4.78, 5) is 12.3. The maximum Gasteiger partial charge on any atom is 0.251 e. The third-order valence-corrected chi connectivity index (χ3v) is 4.23. The lowest BCUT2D eigenvalue weighted by Gasteiger charge is -2.18. The van der Waals surface area contributed by atoms with Crippen LogP contribution in [0, 0.1) is 0 Å². The topological polar surface area (TPSA) is 22.0 Å². The summed E-state index contributed by atoms with van der Waals surface area (Å²) in [6.45, 7) is 0.647. The van der Waals surface area contributed by atoms with Crippen LogP contribution < -0.4 is 5.56 Å².